The summed E-state index contributed by atoms with van der Waals surface area (Å²) < 4.78 is 30.0. The second kappa shape index (κ2) is 17.5. The van der Waals surface area contributed by atoms with Crippen LogP contribution in [0, 0.1) is 19.8 Å². The van der Waals surface area contributed by atoms with Crippen molar-refractivity contribution in [2.75, 3.05) is 20.3 Å². The Balaban J connectivity index is 1.08. The van der Waals surface area contributed by atoms with Crippen molar-refractivity contribution in [3.63, 3.8) is 0 Å². The fourth-order valence-electron chi connectivity index (χ4n) is 8.05. The van der Waals surface area contributed by atoms with E-state index in [1.165, 1.54) is 44.1 Å². The molecule has 7 rings (SSSR count). The van der Waals surface area contributed by atoms with Crippen molar-refractivity contribution in [1.29, 1.82) is 0 Å². The number of benzene rings is 3. The quantitative estimate of drug-likeness (QED) is 0.158. The van der Waals surface area contributed by atoms with Crippen LogP contribution in [0.2, 0.25) is 0 Å². The smallest absolute Gasteiger partial charge is 0.411 e. The van der Waals surface area contributed by atoms with Crippen LogP contribution < -0.4 is 19.5 Å². The highest BCUT2D eigenvalue weighted by Gasteiger charge is 2.40. The number of fused-ring (bicyclic) bond motifs is 2. The number of methoxy groups -OCH3 is 1. The van der Waals surface area contributed by atoms with E-state index < -0.39 is 35.7 Å². The lowest BCUT2D eigenvalue weighted by Gasteiger charge is -2.38. The zero-order valence-electron chi connectivity index (χ0n) is 34.5. The predicted octanol–water partition coefficient (Wildman–Crippen LogP) is 8.40. The summed E-state index contributed by atoms with van der Waals surface area (Å²) in [5, 5.41) is 2.91. The number of aromatic nitrogens is 1. The van der Waals surface area contributed by atoms with Crippen LogP contribution in [0.4, 0.5) is 4.79 Å². The summed E-state index contributed by atoms with van der Waals surface area (Å²) in [6, 6.07) is 19.7. The van der Waals surface area contributed by atoms with Gasteiger partial charge in [-0.05, 0) is 123 Å². The molecule has 11 nitrogen and oxygen atoms in total. The Kier molecular flexibility index (Phi) is 12.3. The Hall–Kier alpha value is -5.58. The number of nitrogens with zero attached hydrogens (tertiary/aromatic N) is 2. The van der Waals surface area contributed by atoms with Crippen molar-refractivity contribution in [1.82, 2.24) is 15.2 Å². The van der Waals surface area contributed by atoms with Crippen LogP contribution in [0.5, 0.6) is 17.2 Å². The average Bonchev–Trinajstić information content (AvgIpc) is 3.22. The van der Waals surface area contributed by atoms with Gasteiger partial charge in [-0.15, -0.1) is 0 Å². The summed E-state index contributed by atoms with van der Waals surface area (Å²) in [5.74, 6) is 1.46. The van der Waals surface area contributed by atoms with Gasteiger partial charge >= 0.3 is 12.1 Å². The number of amides is 2. The molecular formula is C47H55N3O8. The molecule has 1 N–H and O–H groups in total. The molecule has 1 saturated carbocycles. The number of esters is 1. The zero-order valence-corrected chi connectivity index (χ0v) is 34.5. The third-order valence-electron chi connectivity index (χ3n) is 11.4. The van der Waals surface area contributed by atoms with Crippen LogP contribution in [-0.4, -0.2) is 65.9 Å². The monoisotopic (exact) mass is 789 g/mol. The van der Waals surface area contributed by atoms with Gasteiger partial charge in [-0.3, -0.25) is 14.7 Å². The van der Waals surface area contributed by atoms with Gasteiger partial charge in [0.2, 0.25) is 5.91 Å². The van der Waals surface area contributed by atoms with Gasteiger partial charge in [-0.1, -0.05) is 55.7 Å². The lowest BCUT2D eigenvalue weighted by molar-refractivity contribution is -0.145. The van der Waals surface area contributed by atoms with Crippen LogP contribution in [0.15, 0.2) is 72.9 Å². The molecule has 1 fully saturated rings. The van der Waals surface area contributed by atoms with E-state index in [1.54, 1.807) is 27.0 Å². The molecule has 3 aromatic carbocycles. The maximum Gasteiger partial charge on any atom is 0.411 e. The van der Waals surface area contributed by atoms with E-state index >= 15 is 0 Å². The third kappa shape index (κ3) is 9.57. The molecule has 4 aromatic rings. The largest absolute Gasteiger partial charge is 0.493 e. The van der Waals surface area contributed by atoms with Crippen molar-refractivity contribution in [3.8, 4) is 28.4 Å². The third-order valence-corrected chi connectivity index (χ3v) is 11.4. The maximum atomic E-state index is 14.2. The molecule has 0 radical (unpaired) electrons. The highest BCUT2D eigenvalue weighted by Crippen LogP contribution is 2.41. The van der Waals surface area contributed by atoms with Gasteiger partial charge in [0.25, 0.3) is 0 Å². The van der Waals surface area contributed by atoms with Crippen molar-refractivity contribution in [2.24, 2.45) is 5.92 Å². The van der Waals surface area contributed by atoms with E-state index in [1.807, 2.05) is 80.6 Å². The first-order chi connectivity index (χ1) is 27.8. The Morgan fingerprint density at radius 1 is 0.948 bits per heavy atom. The number of pyridine rings is 1. The molecule has 2 aliphatic heterocycles. The summed E-state index contributed by atoms with van der Waals surface area (Å²) in [4.78, 5) is 46.9. The molecule has 0 spiro atoms. The lowest BCUT2D eigenvalue weighted by atomic mass is 9.90. The number of carbonyl (C=O) groups excluding carboxylic acids is 3. The summed E-state index contributed by atoms with van der Waals surface area (Å²) in [7, 11) is 1.29. The molecule has 2 amide bonds. The SMILES string of the molecule is COC(=O)[C@H](Cc1ccc(-c2ccnc(C)c2C)cc1)NC(=O)[C@@H]1Cc2cc3c(cc2CN1C(=O)OC(C)(C)C)O[C@@H](c1cccc(OCC2CCCCC2)c1)CO3. The lowest BCUT2D eigenvalue weighted by Crippen LogP contribution is -2.56. The van der Waals surface area contributed by atoms with Crippen molar-refractivity contribution in [3.05, 3.63) is 106 Å². The first kappa shape index (κ1) is 40.6. The molecule has 0 saturated heterocycles. The van der Waals surface area contributed by atoms with Crippen molar-refractivity contribution < 1.29 is 38.1 Å². The van der Waals surface area contributed by atoms with E-state index in [2.05, 4.69) is 10.3 Å². The molecule has 1 aromatic heterocycles. The van der Waals surface area contributed by atoms with Crippen LogP contribution >= 0.6 is 0 Å². The van der Waals surface area contributed by atoms with Crippen molar-refractivity contribution in [2.45, 2.75) is 110 Å². The second-order valence-electron chi connectivity index (χ2n) is 16.8. The summed E-state index contributed by atoms with van der Waals surface area (Å²) in [6.45, 7) is 10.5. The van der Waals surface area contributed by atoms with E-state index in [0.717, 1.165) is 57.0 Å². The minimum atomic E-state index is -0.997. The number of rotatable bonds is 10. The molecule has 58 heavy (non-hydrogen) atoms. The van der Waals surface area contributed by atoms with Crippen LogP contribution in [-0.2, 0) is 38.4 Å². The summed E-state index contributed by atoms with van der Waals surface area (Å²) in [6.07, 6.45) is 7.45. The second-order valence-corrected chi connectivity index (χ2v) is 16.8. The fourth-order valence-corrected chi connectivity index (χ4v) is 8.05. The van der Waals surface area contributed by atoms with E-state index in [9.17, 15) is 14.4 Å². The van der Waals surface area contributed by atoms with Gasteiger partial charge in [-0.25, -0.2) is 9.59 Å². The molecular weight excluding hydrogens is 735 g/mol. The normalized spacial score (nSPS) is 18.4. The first-order valence-electron chi connectivity index (χ1n) is 20.4. The number of carbonyl (C=O) groups is 3. The molecule has 11 heteroatoms. The highest BCUT2D eigenvalue weighted by molar-refractivity contribution is 5.90. The molecule has 0 bridgehead atoms. The van der Waals surface area contributed by atoms with E-state index in [-0.39, 0.29) is 25.5 Å². The number of hydrogen-bond donors (Lipinski definition) is 1. The molecule has 0 unspecified atom stereocenters. The Morgan fingerprint density at radius 2 is 1.71 bits per heavy atom. The number of hydrogen-bond acceptors (Lipinski definition) is 9. The number of ether oxygens (including phenoxy) is 5. The van der Waals surface area contributed by atoms with Crippen LogP contribution in [0.1, 0.15) is 92.5 Å². The summed E-state index contributed by atoms with van der Waals surface area (Å²) >= 11 is 0. The standard InChI is InChI=1S/C47H55N3O8/c1-29-30(2)48-20-19-38(29)33-17-15-31(16-18-33)21-39(45(52)54-6)49-44(51)40-23-35-24-41-42(25-36(35)26-50(40)46(53)58-47(3,4)5)57-43(28-56-41)34-13-10-14-37(22-34)55-27-32-11-8-7-9-12-32/h10,13-20,22,24-25,32,39-40,43H,7-9,11-12,21,23,26-28H2,1-6H3,(H,49,51)/t39-,40-,43+/m0/s1. The number of nitrogens with one attached hydrogen (secondary N) is 1. The highest BCUT2D eigenvalue weighted by atomic mass is 16.6. The van der Waals surface area contributed by atoms with Crippen LogP contribution in [0.3, 0.4) is 0 Å². The summed E-state index contributed by atoms with van der Waals surface area (Å²) in [5.41, 5.74) is 6.79. The van der Waals surface area contributed by atoms with Gasteiger partial charge in [-0.2, -0.15) is 0 Å². The van der Waals surface area contributed by atoms with Crippen LogP contribution in [0.25, 0.3) is 11.1 Å². The molecule has 3 aliphatic rings. The Labute approximate surface area is 341 Å². The van der Waals surface area contributed by atoms with E-state index in [4.69, 9.17) is 23.7 Å². The Morgan fingerprint density at radius 3 is 2.45 bits per heavy atom. The predicted molar refractivity (Wildman–Crippen MR) is 220 cm³/mol. The maximum absolute atomic E-state index is 14.2. The van der Waals surface area contributed by atoms with Gasteiger partial charge in [0.15, 0.2) is 17.6 Å². The zero-order chi connectivity index (χ0) is 41.0. The van der Waals surface area contributed by atoms with E-state index in [0.29, 0.717) is 24.0 Å². The average molecular weight is 790 g/mol. The molecule has 3 heterocycles. The fraction of sp³-hybridized carbons (Fsp3) is 0.447. The van der Waals surface area contributed by atoms with Gasteiger partial charge in [0.1, 0.15) is 30.0 Å². The topological polar surface area (TPSA) is 126 Å². The minimum absolute atomic E-state index is 0.0897. The molecule has 1 aliphatic carbocycles. The van der Waals surface area contributed by atoms with Gasteiger partial charge in [0, 0.05) is 24.7 Å². The van der Waals surface area contributed by atoms with Gasteiger partial charge < -0.3 is 29.0 Å². The van der Waals surface area contributed by atoms with Crippen molar-refractivity contribution >= 4 is 18.0 Å². The first-order valence-corrected chi connectivity index (χ1v) is 20.4. The molecule has 3 atom stereocenters. The Bertz CT molecular complexity index is 2120. The number of aryl methyl sites for hydroxylation is 1. The van der Waals surface area contributed by atoms with Gasteiger partial charge in [0.05, 0.1) is 20.3 Å². The minimum Gasteiger partial charge on any atom is -0.493 e. The molecule has 306 valence electrons.